The van der Waals surface area contributed by atoms with Crippen LogP contribution in [0.25, 0.3) is 0 Å². The monoisotopic (exact) mass is 380 g/mol. The zero-order chi connectivity index (χ0) is 17.0. The first-order chi connectivity index (χ1) is 11.0. The van der Waals surface area contributed by atoms with Gasteiger partial charge in [-0.05, 0) is 25.3 Å². The summed E-state index contributed by atoms with van der Waals surface area (Å²) in [7, 11) is 0.499. The van der Waals surface area contributed by atoms with Crippen LogP contribution in [0, 0.1) is 5.92 Å². The first-order valence-electron chi connectivity index (χ1n) is 7.49. The summed E-state index contributed by atoms with van der Waals surface area (Å²) in [5, 5.41) is 0. The van der Waals surface area contributed by atoms with Crippen LogP contribution >= 0.6 is 12.4 Å². The van der Waals surface area contributed by atoms with E-state index in [2.05, 4.69) is 4.72 Å². The van der Waals surface area contributed by atoms with Gasteiger partial charge in [0.05, 0.1) is 21.3 Å². The molecular weight excluding hydrogens is 356 g/mol. The number of methoxy groups -OCH3 is 3. The third kappa shape index (κ3) is 4.24. The number of nitrogens with two attached hydrogens (primary N) is 1. The fourth-order valence-corrected chi connectivity index (χ4v) is 4.61. The molecule has 0 bridgehead atoms. The van der Waals surface area contributed by atoms with Crippen molar-refractivity contribution in [2.75, 3.05) is 27.9 Å². The van der Waals surface area contributed by atoms with E-state index in [1.165, 1.54) is 33.5 Å². The van der Waals surface area contributed by atoms with Crippen molar-refractivity contribution in [3.8, 4) is 17.2 Å². The lowest BCUT2D eigenvalue weighted by molar-refractivity contribution is 0.358. The standard InChI is InChI=1S/C15H24N2O5S.ClH/c1-20-11-7-13(21-2)15(14(8-11)22-3)23(18,19)17-12-6-4-5-10(12)9-16;/h7-8,10,12,17H,4-6,9,16H2,1-3H3;1H. The first kappa shape index (κ1) is 20.8. The molecule has 138 valence electrons. The maximum absolute atomic E-state index is 12.9. The molecule has 0 aliphatic heterocycles. The van der Waals surface area contributed by atoms with E-state index in [0.29, 0.717) is 12.3 Å². The molecule has 24 heavy (non-hydrogen) atoms. The van der Waals surface area contributed by atoms with E-state index in [0.717, 1.165) is 19.3 Å². The van der Waals surface area contributed by atoms with E-state index >= 15 is 0 Å². The minimum Gasteiger partial charge on any atom is -0.496 e. The second kappa shape index (κ2) is 8.75. The Bertz CT molecular complexity index is 628. The highest BCUT2D eigenvalue weighted by molar-refractivity contribution is 7.89. The maximum Gasteiger partial charge on any atom is 0.248 e. The molecule has 2 unspecified atom stereocenters. The quantitative estimate of drug-likeness (QED) is 0.744. The topological polar surface area (TPSA) is 99.9 Å². The number of nitrogens with one attached hydrogen (secondary N) is 1. The molecule has 1 aliphatic carbocycles. The second-order valence-corrected chi connectivity index (χ2v) is 7.17. The highest BCUT2D eigenvalue weighted by atomic mass is 35.5. The molecule has 0 spiro atoms. The number of hydrogen-bond acceptors (Lipinski definition) is 6. The van der Waals surface area contributed by atoms with Gasteiger partial charge in [-0.2, -0.15) is 0 Å². The Balaban J connectivity index is 0.00000288. The molecule has 0 radical (unpaired) electrons. The second-order valence-electron chi connectivity index (χ2n) is 5.52. The Kier molecular flexibility index (Phi) is 7.59. The van der Waals surface area contributed by atoms with E-state index in [4.69, 9.17) is 19.9 Å². The Morgan fingerprint density at radius 2 is 1.71 bits per heavy atom. The summed E-state index contributed by atoms with van der Waals surface area (Å²) in [4.78, 5) is -0.0222. The molecule has 1 saturated carbocycles. The molecule has 0 aromatic heterocycles. The molecular formula is C15H25ClN2O5S. The summed E-state index contributed by atoms with van der Waals surface area (Å²) >= 11 is 0. The lowest BCUT2D eigenvalue weighted by atomic mass is 10.1. The number of ether oxygens (including phenoxy) is 3. The average molecular weight is 381 g/mol. The SMILES string of the molecule is COc1cc(OC)c(S(=O)(=O)NC2CCCC2CN)c(OC)c1.Cl. The predicted molar refractivity (Wildman–Crippen MR) is 93.9 cm³/mol. The van der Waals surface area contributed by atoms with Crippen molar-refractivity contribution < 1.29 is 22.6 Å². The minimum atomic E-state index is -3.81. The zero-order valence-corrected chi connectivity index (χ0v) is 15.7. The van der Waals surface area contributed by atoms with Crippen molar-refractivity contribution in [1.82, 2.24) is 4.72 Å². The van der Waals surface area contributed by atoms with E-state index in [1.807, 2.05) is 0 Å². The number of sulfonamides is 1. The summed E-state index contributed by atoms with van der Waals surface area (Å²) in [6.45, 7) is 0.462. The molecule has 1 fully saturated rings. The van der Waals surface area contributed by atoms with E-state index in [1.54, 1.807) is 0 Å². The Labute approximate surface area is 149 Å². The van der Waals surface area contributed by atoms with Crippen LogP contribution in [0.15, 0.2) is 17.0 Å². The van der Waals surface area contributed by atoms with Gasteiger partial charge in [0.1, 0.15) is 17.2 Å². The van der Waals surface area contributed by atoms with Crippen LogP contribution in [-0.4, -0.2) is 42.3 Å². The molecule has 9 heteroatoms. The molecule has 7 nitrogen and oxygen atoms in total. The van der Waals surface area contributed by atoms with Crippen LogP contribution in [0.2, 0.25) is 0 Å². The number of rotatable bonds is 7. The Morgan fingerprint density at radius 3 is 2.17 bits per heavy atom. The van der Waals surface area contributed by atoms with Crippen LogP contribution in [-0.2, 0) is 10.0 Å². The lowest BCUT2D eigenvalue weighted by Gasteiger charge is -2.21. The Morgan fingerprint density at radius 1 is 1.12 bits per heavy atom. The van der Waals surface area contributed by atoms with E-state index in [9.17, 15) is 8.42 Å². The predicted octanol–water partition coefficient (Wildman–Crippen LogP) is 1.54. The number of hydrogen-bond donors (Lipinski definition) is 2. The fourth-order valence-electron chi connectivity index (χ4n) is 2.97. The van der Waals surface area contributed by atoms with Gasteiger partial charge in [0.15, 0.2) is 4.90 Å². The van der Waals surface area contributed by atoms with E-state index in [-0.39, 0.29) is 40.8 Å². The first-order valence-corrected chi connectivity index (χ1v) is 8.97. The van der Waals surface area contributed by atoms with Crippen LogP contribution in [0.3, 0.4) is 0 Å². The van der Waals surface area contributed by atoms with Crippen molar-refractivity contribution in [3.05, 3.63) is 12.1 Å². The van der Waals surface area contributed by atoms with Crippen LogP contribution in [0.4, 0.5) is 0 Å². The van der Waals surface area contributed by atoms with Gasteiger partial charge in [-0.25, -0.2) is 13.1 Å². The molecule has 1 aliphatic rings. The van der Waals surface area contributed by atoms with Crippen molar-refractivity contribution in [3.63, 3.8) is 0 Å². The molecule has 1 aromatic rings. The van der Waals surface area contributed by atoms with Crippen LogP contribution in [0.5, 0.6) is 17.2 Å². The maximum atomic E-state index is 12.9. The van der Waals surface area contributed by atoms with Gasteiger partial charge in [-0.1, -0.05) is 6.42 Å². The highest BCUT2D eigenvalue weighted by Crippen LogP contribution is 2.38. The summed E-state index contributed by atoms with van der Waals surface area (Å²) in [6, 6.07) is 2.87. The van der Waals surface area contributed by atoms with Gasteiger partial charge in [0.25, 0.3) is 0 Å². The average Bonchev–Trinajstić information content (AvgIpc) is 2.99. The third-order valence-electron chi connectivity index (χ3n) is 4.21. The summed E-state index contributed by atoms with van der Waals surface area (Å²) < 4.78 is 44.1. The molecule has 0 heterocycles. The largest absolute Gasteiger partial charge is 0.496 e. The fraction of sp³-hybridized carbons (Fsp3) is 0.600. The Hall–Kier alpha value is -1.22. The zero-order valence-electron chi connectivity index (χ0n) is 14.1. The normalized spacial score (nSPS) is 20.3. The van der Waals surface area contributed by atoms with Crippen LogP contribution in [0.1, 0.15) is 19.3 Å². The van der Waals surface area contributed by atoms with Gasteiger partial charge < -0.3 is 19.9 Å². The van der Waals surface area contributed by atoms with Crippen molar-refractivity contribution in [2.45, 2.75) is 30.2 Å². The van der Waals surface area contributed by atoms with Gasteiger partial charge in [0, 0.05) is 18.2 Å². The van der Waals surface area contributed by atoms with E-state index < -0.39 is 10.0 Å². The molecule has 3 N–H and O–H groups in total. The summed E-state index contributed by atoms with van der Waals surface area (Å²) in [5.41, 5.74) is 5.73. The highest BCUT2D eigenvalue weighted by Gasteiger charge is 2.33. The van der Waals surface area contributed by atoms with Gasteiger partial charge in [-0.3, -0.25) is 0 Å². The molecule has 1 aromatic carbocycles. The molecule has 2 atom stereocenters. The van der Waals surface area contributed by atoms with Gasteiger partial charge in [0.2, 0.25) is 10.0 Å². The van der Waals surface area contributed by atoms with Crippen molar-refractivity contribution >= 4 is 22.4 Å². The summed E-state index contributed by atoms with van der Waals surface area (Å²) in [6.07, 6.45) is 2.67. The minimum absolute atomic E-state index is 0. The van der Waals surface area contributed by atoms with Crippen LogP contribution < -0.4 is 24.7 Å². The smallest absolute Gasteiger partial charge is 0.248 e. The van der Waals surface area contributed by atoms with Crippen molar-refractivity contribution in [2.24, 2.45) is 11.7 Å². The third-order valence-corrected chi connectivity index (χ3v) is 5.76. The number of benzene rings is 1. The molecule has 0 saturated heterocycles. The lowest BCUT2D eigenvalue weighted by Crippen LogP contribution is -2.40. The summed E-state index contributed by atoms with van der Waals surface area (Å²) in [5.74, 6) is 0.963. The molecule has 0 amide bonds. The number of halogens is 1. The van der Waals surface area contributed by atoms with Crippen molar-refractivity contribution in [1.29, 1.82) is 0 Å². The van der Waals surface area contributed by atoms with Gasteiger partial charge in [-0.15, -0.1) is 12.4 Å². The molecule has 2 rings (SSSR count). The van der Waals surface area contributed by atoms with Gasteiger partial charge >= 0.3 is 0 Å².